The lowest BCUT2D eigenvalue weighted by molar-refractivity contribution is -0.123. The molecule has 0 aliphatic carbocycles. The normalized spacial score (nSPS) is 14.8. The first-order valence-corrected chi connectivity index (χ1v) is 14.4. The number of thioether (sulfide) groups is 1. The van der Waals surface area contributed by atoms with E-state index in [1.807, 2.05) is 24.3 Å². The predicted molar refractivity (Wildman–Crippen MR) is 148 cm³/mol. The fourth-order valence-electron chi connectivity index (χ4n) is 3.33. The minimum Gasteiger partial charge on any atom is -0.378 e. The van der Waals surface area contributed by atoms with E-state index in [1.165, 1.54) is 42.2 Å². The molecule has 0 bridgehead atoms. The first-order valence-electron chi connectivity index (χ1n) is 10.6. The topological polar surface area (TPSA) is 110 Å². The zero-order valence-corrected chi connectivity index (χ0v) is 23.9. The molecule has 12 heteroatoms. The monoisotopic (exact) mass is 664 g/mol. The molecule has 1 fully saturated rings. The molecule has 3 aromatic rings. The summed E-state index contributed by atoms with van der Waals surface area (Å²) in [6, 6.07) is 17.5. The third-order valence-electron chi connectivity index (χ3n) is 5.08. The van der Waals surface area contributed by atoms with Gasteiger partial charge in [0.2, 0.25) is 5.91 Å². The van der Waals surface area contributed by atoms with Gasteiger partial charge in [-0.1, -0.05) is 40.2 Å². The predicted octanol–water partition coefficient (Wildman–Crippen LogP) is 6.17. The van der Waals surface area contributed by atoms with Crippen LogP contribution in [0.15, 0.2) is 85.5 Å². The van der Waals surface area contributed by atoms with Crippen LogP contribution in [0.3, 0.4) is 0 Å². The number of nitrogens with zero attached hydrogens (tertiary/aromatic N) is 1. The number of carbonyl (C=O) groups is 3. The van der Waals surface area contributed by atoms with Crippen LogP contribution in [-0.4, -0.2) is 30.4 Å². The molecule has 1 aliphatic rings. The van der Waals surface area contributed by atoms with Crippen LogP contribution >= 0.6 is 43.6 Å². The summed E-state index contributed by atoms with van der Waals surface area (Å²) in [6.45, 7) is 1.49. The van der Waals surface area contributed by atoms with Gasteiger partial charge in [-0.25, -0.2) is 0 Å². The quantitative estimate of drug-likeness (QED) is 0.237. The molecule has 3 aromatic carbocycles. The Hall–Kier alpha value is -2.93. The second kappa shape index (κ2) is 11.2. The summed E-state index contributed by atoms with van der Waals surface area (Å²) >= 11 is 7.58. The largest absolute Gasteiger partial charge is 0.378 e. The van der Waals surface area contributed by atoms with Gasteiger partial charge in [-0.3, -0.25) is 19.3 Å². The Morgan fingerprint density at radius 2 is 1.73 bits per heavy atom. The molecule has 0 saturated carbocycles. The number of benzene rings is 3. The lowest BCUT2D eigenvalue weighted by Gasteiger charge is -2.13. The van der Waals surface area contributed by atoms with Gasteiger partial charge in [0.05, 0.1) is 15.9 Å². The second-order valence-corrected chi connectivity index (χ2v) is 12.0. The van der Waals surface area contributed by atoms with Crippen LogP contribution in [0, 0.1) is 0 Å². The SMILES string of the molecule is CC(=O)Nc1ccc(S(=O)(=O)Oc2ccc(/C=C3\SC(=O)N(Cc4ccccc4Br)C3=O)cc2Br)cc1. The van der Waals surface area contributed by atoms with Crippen molar-refractivity contribution in [2.75, 3.05) is 5.32 Å². The smallest absolute Gasteiger partial charge is 0.339 e. The molecule has 1 N–H and O–H groups in total. The van der Waals surface area contributed by atoms with Gasteiger partial charge in [-0.15, -0.1) is 0 Å². The Balaban J connectivity index is 1.49. The van der Waals surface area contributed by atoms with Crippen molar-refractivity contribution >= 4 is 82.6 Å². The molecule has 190 valence electrons. The van der Waals surface area contributed by atoms with E-state index in [4.69, 9.17) is 4.18 Å². The van der Waals surface area contributed by atoms with Gasteiger partial charge in [-0.05, 0) is 87.4 Å². The van der Waals surface area contributed by atoms with Crippen LogP contribution in [0.2, 0.25) is 0 Å². The summed E-state index contributed by atoms with van der Waals surface area (Å²) < 4.78 is 31.8. The van der Waals surface area contributed by atoms with Crippen molar-refractivity contribution in [3.63, 3.8) is 0 Å². The maximum Gasteiger partial charge on any atom is 0.339 e. The molecular weight excluding hydrogens is 648 g/mol. The average Bonchev–Trinajstić information content (AvgIpc) is 3.09. The number of hydrogen-bond donors (Lipinski definition) is 1. The van der Waals surface area contributed by atoms with Crippen molar-refractivity contribution in [1.29, 1.82) is 0 Å². The molecule has 3 amide bonds. The zero-order chi connectivity index (χ0) is 26.7. The highest BCUT2D eigenvalue weighted by Gasteiger charge is 2.35. The highest BCUT2D eigenvalue weighted by Crippen LogP contribution is 2.36. The van der Waals surface area contributed by atoms with Gasteiger partial charge in [-0.2, -0.15) is 8.42 Å². The number of carbonyl (C=O) groups excluding carboxylic acids is 3. The maximum absolute atomic E-state index is 12.9. The zero-order valence-electron chi connectivity index (χ0n) is 19.1. The van der Waals surface area contributed by atoms with E-state index in [9.17, 15) is 22.8 Å². The Morgan fingerprint density at radius 3 is 2.38 bits per heavy atom. The van der Waals surface area contributed by atoms with Crippen LogP contribution in [0.25, 0.3) is 6.08 Å². The Labute approximate surface area is 234 Å². The van der Waals surface area contributed by atoms with Crippen molar-refractivity contribution in [3.05, 3.63) is 91.7 Å². The minimum atomic E-state index is -4.14. The molecule has 1 saturated heterocycles. The fraction of sp³-hybridized carbons (Fsp3) is 0.0800. The van der Waals surface area contributed by atoms with Crippen LogP contribution in [0.1, 0.15) is 18.1 Å². The number of nitrogens with one attached hydrogen (secondary N) is 1. The molecule has 0 atom stereocenters. The summed E-state index contributed by atoms with van der Waals surface area (Å²) in [4.78, 5) is 37.8. The van der Waals surface area contributed by atoms with Gasteiger partial charge in [0, 0.05) is 17.1 Å². The van der Waals surface area contributed by atoms with E-state index in [1.54, 1.807) is 18.2 Å². The second-order valence-electron chi connectivity index (χ2n) is 7.79. The molecule has 4 rings (SSSR count). The van der Waals surface area contributed by atoms with E-state index < -0.39 is 16.0 Å². The summed E-state index contributed by atoms with van der Waals surface area (Å²) in [5.41, 5.74) is 1.83. The highest BCUT2D eigenvalue weighted by molar-refractivity contribution is 9.10. The third kappa shape index (κ3) is 6.50. The van der Waals surface area contributed by atoms with E-state index >= 15 is 0 Å². The van der Waals surface area contributed by atoms with E-state index in [2.05, 4.69) is 37.2 Å². The third-order valence-corrected chi connectivity index (χ3v) is 8.63. The number of rotatable bonds is 7. The number of hydrogen-bond acceptors (Lipinski definition) is 7. The van der Waals surface area contributed by atoms with Gasteiger partial charge < -0.3 is 9.50 Å². The van der Waals surface area contributed by atoms with Crippen molar-refractivity contribution in [3.8, 4) is 5.75 Å². The Bertz CT molecular complexity index is 1540. The highest BCUT2D eigenvalue weighted by atomic mass is 79.9. The number of anilines is 1. The number of amides is 3. The Kier molecular flexibility index (Phi) is 8.22. The summed E-state index contributed by atoms with van der Waals surface area (Å²) in [7, 11) is -4.14. The van der Waals surface area contributed by atoms with Crippen molar-refractivity contribution in [2.45, 2.75) is 18.4 Å². The van der Waals surface area contributed by atoms with Gasteiger partial charge in [0.1, 0.15) is 4.90 Å². The van der Waals surface area contributed by atoms with Crippen LogP contribution < -0.4 is 9.50 Å². The molecule has 0 aromatic heterocycles. The summed E-state index contributed by atoms with van der Waals surface area (Å²) in [6.07, 6.45) is 1.56. The van der Waals surface area contributed by atoms with Crippen LogP contribution in [0.5, 0.6) is 5.75 Å². The standard InChI is InChI=1S/C25H18Br2N2O6S2/c1-15(30)28-18-7-9-19(10-8-18)37(33,34)35-22-11-6-16(12-21(22)27)13-23-24(31)29(25(32)36-23)14-17-4-2-3-5-20(17)26/h2-13H,14H2,1H3,(H,28,30)/b23-13-. The Morgan fingerprint density at radius 1 is 1.03 bits per heavy atom. The molecule has 0 unspecified atom stereocenters. The lowest BCUT2D eigenvalue weighted by atomic mass is 10.2. The molecule has 37 heavy (non-hydrogen) atoms. The lowest BCUT2D eigenvalue weighted by Crippen LogP contribution is -2.27. The van der Waals surface area contributed by atoms with Crippen molar-refractivity contribution in [2.24, 2.45) is 0 Å². The first-order chi connectivity index (χ1) is 17.5. The molecule has 8 nitrogen and oxygen atoms in total. The van der Waals surface area contributed by atoms with Crippen LogP contribution in [0.4, 0.5) is 10.5 Å². The molecule has 0 spiro atoms. The summed E-state index contributed by atoms with van der Waals surface area (Å²) in [5.74, 6) is -0.637. The van der Waals surface area contributed by atoms with E-state index in [0.29, 0.717) is 15.7 Å². The number of imide groups is 1. The molecular formula is C25H18Br2N2O6S2. The molecule has 1 aliphatic heterocycles. The fourth-order valence-corrected chi connectivity index (χ4v) is 6.11. The molecule has 1 heterocycles. The van der Waals surface area contributed by atoms with Crippen LogP contribution in [-0.2, 0) is 26.3 Å². The number of halogens is 2. The minimum absolute atomic E-state index is 0.0464. The maximum atomic E-state index is 12.9. The van der Waals surface area contributed by atoms with E-state index in [-0.39, 0.29) is 33.2 Å². The average molecular weight is 666 g/mol. The van der Waals surface area contributed by atoms with Gasteiger partial charge in [0.15, 0.2) is 5.75 Å². The molecule has 0 radical (unpaired) electrons. The van der Waals surface area contributed by atoms with Crippen molar-refractivity contribution in [1.82, 2.24) is 4.90 Å². The van der Waals surface area contributed by atoms with Gasteiger partial charge >= 0.3 is 10.1 Å². The first kappa shape index (κ1) is 27.1. The summed E-state index contributed by atoms with van der Waals surface area (Å²) in [5, 5.41) is 2.19. The van der Waals surface area contributed by atoms with E-state index in [0.717, 1.165) is 21.8 Å². The van der Waals surface area contributed by atoms with Gasteiger partial charge in [0.25, 0.3) is 11.1 Å². The van der Waals surface area contributed by atoms with Crippen molar-refractivity contribution < 1.29 is 27.0 Å².